The van der Waals surface area contributed by atoms with Crippen LogP contribution in [0.5, 0.6) is 0 Å². The number of hydrogen-bond acceptors (Lipinski definition) is 4. The van der Waals surface area contributed by atoms with Crippen LogP contribution in [0.4, 0.5) is 10.7 Å². The van der Waals surface area contributed by atoms with Crippen molar-refractivity contribution in [1.82, 2.24) is 20.1 Å². The predicted molar refractivity (Wildman–Crippen MR) is 54.5 cm³/mol. The van der Waals surface area contributed by atoms with Crippen LogP contribution in [-0.2, 0) is 11.8 Å². The highest BCUT2D eigenvalue weighted by Crippen LogP contribution is 1.97. The number of hydrogen-bond donors (Lipinski definition) is 2. The minimum absolute atomic E-state index is 0.0526. The molecule has 2 N–H and O–H groups in total. The molecule has 0 spiro atoms. The zero-order valence-corrected chi connectivity index (χ0v) is 9.02. The summed E-state index contributed by atoms with van der Waals surface area (Å²) in [7, 11) is 3.28. The number of nitrogens with zero attached hydrogens (tertiary/aromatic N) is 3. The second-order valence-electron chi connectivity index (χ2n) is 3.16. The van der Waals surface area contributed by atoms with Crippen LogP contribution in [0.15, 0.2) is 6.33 Å². The van der Waals surface area contributed by atoms with Gasteiger partial charge < -0.3 is 10.1 Å². The summed E-state index contributed by atoms with van der Waals surface area (Å²) in [5.41, 5.74) is 0. The van der Waals surface area contributed by atoms with Gasteiger partial charge in [0.1, 0.15) is 6.33 Å². The van der Waals surface area contributed by atoms with Gasteiger partial charge in [-0.15, -0.1) is 0 Å². The fourth-order valence-electron chi connectivity index (χ4n) is 1.06. The molecule has 15 heavy (non-hydrogen) atoms. The van der Waals surface area contributed by atoms with Gasteiger partial charge in [-0.05, 0) is 6.92 Å². The zero-order valence-electron chi connectivity index (χ0n) is 9.02. The lowest BCUT2D eigenvalue weighted by atomic mass is 10.4. The number of anilines is 1. The predicted octanol–water partition coefficient (Wildman–Crippen LogP) is -0.0285. The first kappa shape index (κ1) is 11.4. The van der Waals surface area contributed by atoms with Crippen molar-refractivity contribution in [2.75, 3.05) is 19.0 Å². The third-order valence-electron chi connectivity index (χ3n) is 1.73. The Morgan fingerprint density at radius 1 is 1.73 bits per heavy atom. The molecule has 0 aliphatic heterocycles. The van der Waals surface area contributed by atoms with Crippen molar-refractivity contribution in [2.24, 2.45) is 7.05 Å². The Hall–Kier alpha value is -1.63. The molecule has 1 aromatic heterocycles. The molecule has 7 heteroatoms. The molecule has 1 heterocycles. The molecule has 0 radical (unpaired) electrons. The summed E-state index contributed by atoms with van der Waals surface area (Å²) in [4.78, 5) is 15.2. The molecule has 0 unspecified atom stereocenters. The maximum atomic E-state index is 11.4. The van der Waals surface area contributed by atoms with Crippen molar-refractivity contribution in [3.8, 4) is 0 Å². The number of carbonyl (C=O) groups excluding carboxylic acids is 1. The number of methoxy groups -OCH3 is 1. The van der Waals surface area contributed by atoms with E-state index in [2.05, 4.69) is 20.7 Å². The minimum atomic E-state index is -0.323. The maximum absolute atomic E-state index is 11.4. The fourth-order valence-corrected chi connectivity index (χ4v) is 1.06. The van der Waals surface area contributed by atoms with Crippen LogP contribution in [0.2, 0.25) is 0 Å². The number of urea groups is 1. The van der Waals surface area contributed by atoms with Gasteiger partial charge in [0, 0.05) is 14.2 Å². The van der Waals surface area contributed by atoms with E-state index in [4.69, 9.17) is 4.74 Å². The first-order valence-electron chi connectivity index (χ1n) is 4.54. The molecule has 1 atom stereocenters. The fraction of sp³-hybridized carbons (Fsp3) is 0.625. The average Bonchev–Trinajstić information content (AvgIpc) is 2.52. The highest BCUT2D eigenvalue weighted by Gasteiger charge is 2.09. The van der Waals surface area contributed by atoms with Crippen molar-refractivity contribution in [3.05, 3.63) is 6.33 Å². The molecule has 0 aliphatic carbocycles. The standard InChI is InChI=1S/C8H15N5O2/c1-6(4-15-3)11-8(14)12-7-9-5-10-13(7)2/h5-6H,4H2,1-3H3,(H2,9,10,11,12,14)/t6-/m1/s1. The van der Waals surface area contributed by atoms with Crippen LogP contribution < -0.4 is 10.6 Å². The van der Waals surface area contributed by atoms with E-state index in [0.29, 0.717) is 12.6 Å². The van der Waals surface area contributed by atoms with Gasteiger partial charge in [0.05, 0.1) is 12.6 Å². The first-order valence-corrected chi connectivity index (χ1v) is 4.54. The molecule has 7 nitrogen and oxygen atoms in total. The molecule has 1 rings (SSSR count). The van der Waals surface area contributed by atoms with E-state index in [0.717, 1.165) is 0 Å². The molecule has 0 saturated heterocycles. The summed E-state index contributed by atoms with van der Waals surface area (Å²) >= 11 is 0. The molecule has 0 fully saturated rings. The number of aryl methyl sites for hydroxylation is 1. The van der Waals surface area contributed by atoms with Crippen molar-refractivity contribution < 1.29 is 9.53 Å². The van der Waals surface area contributed by atoms with Gasteiger partial charge in [0.25, 0.3) is 0 Å². The lowest BCUT2D eigenvalue weighted by Gasteiger charge is -2.12. The van der Waals surface area contributed by atoms with Crippen LogP contribution in [-0.4, -0.2) is 40.6 Å². The lowest BCUT2D eigenvalue weighted by Crippen LogP contribution is -2.39. The maximum Gasteiger partial charge on any atom is 0.321 e. The van der Waals surface area contributed by atoms with Crippen molar-refractivity contribution in [1.29, 1.82) is 0 Å². The highest BCUT2D eigenvalue weighted by atomic mass is 16.5. The summed E-state index contributed by atoms with van der Waals surface area (Å²) in [6.07, 6.45) is 1.37. The normalized spacial score (nSPS) is 12.2. The Bertz CT molecular complexity index is 325. The van der Waals surface area contributed by atoms with Gasteiger partial charge in [0.15, 0.2) is 0 Å². The molecular weight excluding hydrogens is 198 g/mol. The molecule has 0 aromatic carbocycles. The smallest absolute Gasteiger partial charge is 0.321 e. The topological polar surface area (TPSA) is 81.1 Å². The molecule has 84 valence electrons. The summed E-state index contributed by atoms with van der Waals surface area (Å²) in [5.74, 6) is 0.400. The number of amides is 2. The lowest BCUT2D eigenvalue weighted by molar-refractivity contribution is 0.173. The zero-order chi connectivity index (χ0) is 11.3. The van der Waals surface area contributed by atoms with Gasteiger partial charge in [-0.2, -0.15) is 10.1 Å². The Kier molecular flexibility index (Phi) is 4.04. The van der Waals surface area contributed by atoms with E-state index in [-0.39, 0.29) is 12.1 Å². The number of ether oxygens (including phenoxy) is 1. The van der Waals surface area contributed by atoms with Crippen LogP contribution in [0.1, 0.15) is 6.92 Å². The third kappa shape index (κ3) is 3.55. The number of rotatable bonds is 4. The SMILES string of the molecule is COC[C@@H](C)NC(=O)Nc1ncnn1C. The number of nitrogens with one attached hydrogen (secondary N) is 2. The van der Waals surface area contributed by atoms with Crippen LogP contribution in [0.25, 0.3) is 0 Å². The van der Waals surface area contributed by atoms with Gasteiger partial charge in [0.2, 0.25) is 5.95 Å². The van der Waals surface area contributed by atoms with E-state index < -0.39 is 0 Å². The first-order chi connectivity index (χ1) is 7.13. The third-order valence-corrected chi connectivity index (χ3v) is 1.73. The monoisotopic (exact) mass is 213 g/mol. The van der Waals surface area contributed by atoms with E-state index in [9.17, 15) is 4.79 Å². The van der Waals surface area contributed by atoms with Crippen molar-refractivity contribution >= 4 is 12.0 Å². The van der Waals surface area contributed by atoms with Crippen molar-refractivity contribution in [3.63, 3.8) is 0 Å². The Morgan fingerprint density at radius 3 is 3.00 bits per heavy atom. The quantitative estimate of drug-likeness (QED) is 0.736. The van der Waals surface area contributed by atoms with Gasteiger partial charge in [-0.25, -0.2) is 9.48 Å². The van der Waals surface area contributed by atoms with Gasteiger partial charge in [-0.1, -0.05) is 0 Å². The van der Waals surface area contributed by atoms with Crippen molar-refractivity contribution in [2.45, 2.75) is 13.0 Å². The Balaban J connectivity index is 2.40. The van der Waals surface area contributed by atoms with Crippen LogP contribution in [0.3, 0.4) is 0 Å². The summed E-state index contributed by atoms with van der Waals surface area (Å²) in [6.45, 7) is 2.31. The summed E-state index contributed by atoms with van der Waals surface area (Å²) in [6, 6.07) is -0.376. The second kappa shape index (κ2) is 5.30. The highest BCUT2D eigenvalue weighted by molar-refractivity contribution is 5.87. The molecule has 1 aromatic rings. The largest absolute Gasteiger partial charge is 0.383 e. The average molecular weight is 213 g/mol. The van der Waals surface area contributed by atoms with E-state index in [1.807, 2.05) is 6.92 Å². The summed E-state index contributed by atoms with van der Waals surface area (Å²) in [5, 5.41) is 9.08. The molecule has 0 aliphatic rings. The van der Waals surface area contributed by atoms with Gasteiger partial charge >= 0.3 is 6.03 Å². The van der Waals surface area contributed by atoms with E-state index in [1.165, 1.54) is 11.0 Å². The Morgan fingerprint density at radius 2 is 2.47 bits per heavy atom. The molecule has 0 saturated carbocycles. The molecule has 0 bridgehead atoms. The number of aromatic nitrogens is 3. The summed E-state index contributed by atoms with van der Waals surface area (Å²) < 4.78 is 6.36. The van der Waals surface area contributed by atoms with E-state index in [1.54, 1.807) is 14.2 Å². The van der Waals surface area contributed by atoms with Crippen LogP contribution in [0, 0.1) is 0 Å². The Labute approximate surface area is 87.8 Å². The molecular formula is C8H15N5O2. The minimum Gasteiger partial charge on any atom is -0.383 e. The van der Waals surface area contributed by atoms with Crippen LogP contribution >= 0.6 is 0 Å². The van der Waals surface area contributed by atoms with E-state index >= 15 is 0 Å². The second-order valence-corrected chi connectivity index (χ2v) is 3.16. The number of carbonyl (C=O) groups is 1. The van der Waals surface area contributed by atoms with Gasteiger partial charge in [-0.3, -0.25) is 5.32 Å². The molecule has 2 amide bonds.